The van der Waals surface area contributed by atoms with Crippen LogP contribution in [-0.2, 0) is 6.54 Å². The zero-order valence-electron chi connectivity index (χ0n) is 10.9. The number of hydrogen-bond acceptors (Lipinski definition) is 2. The van der Waals surface area contributed by atoms with Crippen LogP contribution in [0.5, 0.6) is 0 Å². The first-order valence-corrected chi connectivity index (χ1v) is 6.68. The second-order valence-corrected chi connectivity index (χ2v) is 5.86. The summed E-state index contributed by atoms with van der Waals surface area (Å²) in [5, 5.41) is 0. The van der Waals surface area contributed by atoms with Crippen molar-refractivity contribution < 1.29 is 0 Å². The highest BCUT2D eigenvalue weighted by atomic mass is 15.2. The predicted molar refractivity (Wildman–Crippen MR) is 70.9 cm³/mol. The molecule has 0 unspecified atom stereocenters. The third-order valence-corrected chi connectivity index (χ3v) is 4.40. The molecule has 0 amide bonds. The van der Waals surface area contributed by atoms with Crippen molar-refractivity contribution in [2.24, 2.45) is 11.8 Å². The maximum Gasteiger partial charge on any atom is 0.0236 e. The van der Waals surface area contributed by atoms with E-state index in [1.807, 2.05) is 0 Å². The van der Waals surface area contributed by atoms with Gasteiger partial charge in [-0.2, -0.15) is 0 Å². The molecule has 2 heterocycles. The van der Waals surface area contributed by atoms with E-state index in [2.05, 4.69) is 48.0 Å². The highest BCUT2D eigenvalue weighted by Gasteiger charge is 2.38. The summed E-state index contributed by atoms with van der Waals surface area (Å²) in [6.07, 6.45) is 0. The van der Waals surface area contributed by atoms with Gasteiger partial charge in [0.1, 0.15) is 0 Å². The molecule has 0 saturated carbocycles. The first-order valence-electron chi connectivity index (χ1n) is 6.68. The molecule has 2 nitrogen and oxygen atoms in total. The molecule has 17 heavy (non-hydrogen) atoms. The molecular weight excluding hydrogens is 208 g/mol. The molecule has 3 rings (SSSR count). The van der Waals surface area contributed by atoms with Crippen LogP contribution >= 0.6 is 0 Å². The first kappa shape index (κ1) is 11.2. The Labute approximate surface area is 104 Å². The third-order valence-electron chi connectivity index (χ3n) is 4.40. The molecule has 2 atom stereocenters. The first-order chi connectivity index (χ1) is 8.22. The van der Waals surface area contributed by atoms with E-state index in [1.54, 1.807) is 0 Å². The molecule has 1 aromatic carbocycles. The van der Waals surface area contributed by atoms with Crippen molar-refractivity contribution in [3.8, 4) is 0 Å². The fourth-order valence-corrected chi connectivity index (χ4v) is 3.48. The van der Waals surface area contributed by atoms with Crippen molar-refractivity contribution >= 4 is 0 Å². The van der Waals surface area contributed by atoms with Crippen molar-refractivity contribution in [2.45, 2.75) is 13.5 Å². The lowest BCUT2D eigenvalue weighted by molar-refractivity contribution is 0.272. The molecular formula is C15H22N2. The van der Waals surface area contributed by atoms with Crippen LogP contribution in [0, 0.1) is 18.8 Å². The molecule has 0 aromatic heterocycles. The normalized spacial score (nSPS) is 29.8. The second kappa shape index (κ2) is 4.43. The topological polar surface area (TPSA) is 6.48 Å². The average Bonchev–Trinajstić information content (AvgIpc) is 2.78. The van der Waals surface area contributed by atoms with E-state index < -0.39 is 0 Å². The maximum absolute atomic E-state index is 2.64. The van der Waals surface area contributed by atoms with Crippen molar-refractivity contribution in [1.82, 2.24) is 9.80 Å². The number of benzene rings is 1. The molecule has 2 saturated heterocycles. The van der Waals surface area contributed by atoms with E-state index in [9.17, 15) is 0 Å². The van der Waals surface area contributed by atoms with E-state index in [-0.39, 0.29) is 0 Å². The predicted octanol–water partition coefficient (Wildman–Crippen LogP) is 1.99. The quantitative estimate of drug-likeness (QED) is 0.766. The van der Waals surface area contributed by atoms with Crippen molar-refractivity contribution in [3.05, 3.63) is 35.4 Å². The molecule has 2 heteroatoms. The smallest absolute Gasteiger partial charge is 0.0236 e. The summed E-state index contributed by atoms with van der Waals surface area (Å²) in [7, 11) is 2.25. The lowest BCUT2D eigenvalue weighted by Crippen LogP contribution is -2.26. The van der Waals surface area contributed by atoms with Crippen LogP contribution in [0.25, 0.3) is 0 Å². The van der Waals surface area contributed by atoms with Gasteiger partial charge in [0.05, 0.1) is 0 Å². The molecule has 0 aliphatic carbocycles. The zero-order chi connectivity index (χ0) is 11.8. The summed E-state index contributed by atoms with van der Waals surface area (Å²) >= 11 is 0. The maximum atomic E-state index is 2.64. The molecule has 1 aromatic rings. The molecule has 2 aliphatic rings. The van der Waals surface area contributed by atoms with Gasteiger partial charge in [0.25, 0.3) is 0 Å². The minimum Gasteiger partial charge on any atom is -0.306 e. The Kier molecular flexibility index (Phi) is 2.93. The Morgan fingerprint density at radius 1 is 1.06 bits per heavy atom. The summed E-state index contributed by atoms with van der Waals surface area (Å²) in [5.41, 5.74) is 2.93. The van der Waals surface area contributed by atoms with Gasteiger partial charge in [-0.05, 0) is 36.9 Å². The van der Waals surface area contributed by atoms with Gasteiger partial charge in [-0.1, -0.05) is 24.3 Å². The Bertz CT molecular complexity index is 388. The van der Waals surface area contributed by atoms with Crippen LogP contribution in [0.15, 0.2) is 24.3 Å². The molecule has 0 N–H and O–H groups in total. The third kappa shape index (κ3) is 2.24. The Hall–Kier alpha value is -0.860. The van der Waals surface area contributed by atoms with Gasteiger partial charge in [0.2, 0.25) is 0 Å². The summed E-state index contributed by atoms with van der Waals surface area (Å²) in [4.78, 5) is 5.13. The van der Waals surface area contributed by atoms with Crippen LogP contribution in [0.2, 0.25) is 0 Å². The lowest BCUT2D eigenvalue weighted by atomic mass is 10.0. The van der Waals surface area contributed by atoms with E-state index >= 15 is 0 Å². The van der Waals surface area contributed by atoms with Gasteiger partial charge in [-0.15, -0.1) is 0 Å². The summed E-state index contributed by atoms with van der Waals surface area (Å²) in [6, 6.07) is 8.79. The number of rotatable bonds is 2. The van der Waals surface area contributed by atoms with Crippen molar-refractivity contribution in [3.63, 3.8) is 0 Å². The number of aryl methyl sites for hydroxylation is 1. The summed E-state index contributed by atoms with van der Waals surface area (Å²) in [6.45, 7) is 8.56. The standard InChI is InChI=1S/C15H22N2/c1-12-5-3-4-6-13(12)9-17-10-14-7-16(2)8-15(14)11-17/h3-6,14-15H,7-11H2,1-2H3/t14-,15+. The monoisotopic (exact) mass is 230 g/mol. The minimum atomic E-state index is 0.920. The lowest BCUT2D eigenvalue weighted by Gasteiger charge is -2.19. The van der Waals surface area contributed by atoms with Crippen molar-refractivity contribution in [2.75, 3.05) is 33.2 Å². The highest BCUT2D eigenvalue weighted by molar-refractivity contribution is 5.25. The Morgan fingerprint density at radius 3 is 2.35 bits per heavy atom. The van der Waals surface area contributed by atoms with E-state index in [1.165, 1.54) is 37.3 Å². The molecule has 0 radical (unpaired) electrons. The fraction of sp³-hybridized carbons (Fsp3) is 0.600. The SMILES string of the molecule is Cc1ccccc1CN1C[C@H]2CN(C)C[C@H]2C1. The Balaban J connectivity index is 1.64. The van der Waals surface area contributed by atoms with Crippen LogP contribution < -0.4 is 0 Å². The molecule has 2 aliphatic heterocycles. The minimum absolute atomic E-state index is 0.920. The van der Waals surface area contributed by atoms with E-state index in [4.69, 9.17) is 0 Å². The van der Waals surface area contributed by atoms with Gasteiger partial charge in [0, 0.05) is 32.7 Å². The zero-order valence-corrected chi connectivity index (χ0v) is 10.9. The fourth-order valence-electron chi connectivity index (χ4n) is 3.48. The van der Waals surface area contributed by atoms with Gasteiger partial charge >= 0.3 is 0 Å². The second-order valence-electron chi connectivity index (χ2n) is 5.86. The largest absolute Gasteiger partial charge is 0.306 e. The van der Waals surface area contributed by atoms with Crippen LogP contribution in [0.3, 0.4) is 0 Å². The number of nitrogens with zero attached hydrogens (tertiary/aromatic N) is 2. The van der Waals surface area contributed by atoms with Gasteiger partial charge in [0.15, 0.2) is 0 Å². The van der Waals surface area contributed by atoms with Crippen LogP contribution in [0.4, 0.5) is 0 Å². The average molecular weight is 230 g/mol. The van der Waals surface area contributed by atoms with Crippen LogP contribution in [-0.4, -0.2) is 43.0 Å². The Morgan fingerprint density at radius 2 is 1.71 bits per heavy atom. The number of hydrogen-bond donors (Lipinski definition) is 0. The molecule has 2 fully saturated rings. The van der Waals surface area contributed by atoms with E-state index in [0.29, 0.717) is 0 Å². The van der Waals surface area contributed by atoms with Gasteiger partial charge in [-0.3, -0.25) is 4.90 Å². The van der Waals surface area contributed by atoms with Gasteiger partial charge < -0.3 is 4.90 Å². The summed E-state index contributed by atoms with van der Waals surface area (Å²) in [5.74, 6) is 1.84. The van der Waals surface area contributed by atoms with E-state index in [0.717, 1.165) is 18.4 Å². The molecule has 0 spiro atoms. The van der Waals surface area contributed by atoms with Crippen molar-refractivity contribution in [1.29, 1.82) is 0 Å². The van der Waals surface area contributed by atoms with Crippen LogP contribution in [0.1, 0.15) is 11.1 Å². The highest BCUT2D eigenvalue weighted by Crippen LogP contribution is 2.31. The molecule has 92 valence electrons. The summed E-state index contributed by atoms with van der Waals surface area (Å²) < 4.78 is 0. The number of likely N-dealkylation sites (tertiary alicyclic amines) is 2. The van der Waals surface area contributed by atoms with Gasteiger partial charge in [-0.25, -0.2) is 0 Å². The molecule has 0 bridgehead atoms. The number of fused-ring (bicyclic) bond motifs is 1.